The highest BCUT2D eigenvalue weighted by atomic mass is 32.1. The van der Waals surface area contributed by atoms with E-state index in [-0.39, 0.29) is 10.1 Å². The molecule has 0 aromatic heterocycles. The summed E-state index contributed by atoms with van der Waals surface area (Å²) in [5.74, 6) is -0.829. The van der Waals surface area contributed by atoms with Crippen LogP contribution in [0.2, 0.25) is 0 Å². The van der Waals surface area contributed by atoms with Crippen LogP contribution in [-0.4, -0.2) is 58.3 Å². The highest BCUT2D eigenvalue weighted by Gasteiger charge is 2.45. The van der Waals surface area contributed by atoms with E-state index in [9.17, 15) is 9.59 Å². The number of hydrogen-bond acceptors (Lipinski definition) is 6. The lowest BCUT2D eigenvalue weighted by atomic mass is 10.2. The minimum absolute atomic E-state index is 0.187. The van der Waals surface area contributed by atoms with Crippen molar-refractivity contribution in [2.45, 2.75) is 26.3 Å². The largest absolute Gasteiger partial charge is 0.455 e. The third kappa shape index (κ3) is 2.94. The molecule has 0 aliphatic carbocycles. The SMILES string of the molecule is CC(=S)O[C@H]1C(=O)N(C)[C@@H](OC(C)=S)C(=O)N1C. The smallest absolute Gasteiger partial charge is 0.288 e. The molecule has 0 N–H and O–H groups in total. The van der Waals surface area contributed by atoms with Crippen LogP contribution in [0.4, 0.5) is 0 Å². The van der Waals surface area contributed by atoms with Gasteiger partial charge in [0.1, 0.15) is 0 Å². The first kappa shape index (κ1) is 14.8. The molecule has 0 bridgehead atoms. The fourth-order valence-electron chi connectivity index (χ4n) is 1.48. The summed E-state index contributed by atoms with van der Waals surface area (Å²) in [5.41, 5.74) is 0. The standard InChI is InChI=1S/C10H14N2O4S2/c1-5(17)15-9-7(13)12(4)10(16-6(2)18)8(14)11(9)3/h9-10H,1-4H3/t9-,10-/m0/s1. The van der Waals surface area contributed by atoms with Crippen LogP contribution in [0.25, 0.3) is 0 Å². The first-order valence-electron chi connectivity index (χ1n) is 5.13. The zero-order valence-corrected chi connectivity index (χ0v) is 12.1. The Balaban J connectivity index is 2.95. The van der Waals surface area contributed by atoms with Crippen molar-refractivity contribution in [3.8, 4) is 0 Å². The molecule has 0 radical (unpaired) electrons. The molecule has 0 spiro atoms. The second-order valence-corrected chi connectivity index (χ2v) is 4.97. The Hall–Kier alpha value is -1.28. The normalized spacial score (nSPS) is 24.0. The predicted octanol–water partition coefficient (Wildman–Crippen LogP) is 0.297. The molecule has 1 saturated heterocycles. The number of hydrogen-bond donors (Lipinski definition) is 0. The van der Waals surface area contributed by atoms with E-state index in [2.05, 4.69) is 0 Å². The zero-order valence-electron chi connectivity index (χ0n) is 10.5. The van der Waals surface area contributed by atoms with Gasteiger partial charge < -0.3 is 9.47 Å². The Morgan fingerprint density at radius 2 is 1.22 bits per heavy atom. The molecule has 100 valence electrons. The number of likely N-dealkylation sites (N-methyl/N-ethyl adjacent to an activating group) is 2. The molecule has 8 heteroatoms. The minimum Gasteiger partial charge on any atom is -0.455 e. The van der Waals surface area contributed by atoms with Crippen molar-refractivity contribution in [2.24, 2.45) is 0 Å². The van der Waals surface area contributed by atoms with E-state index in [0.29, 0.717) is 0 Å². The maximum atomic E-state index is 12.0. The third-order valence-corrected chi connectivity index (χ3v) is 2.57. The summed E-state index contributed by atoms with van der Waals surface area (Å²) < 4.78 is 10.3. The molecule has 1 aliphatic heterocycles. The average molecular weight is 290 g/mol. The number of carbonyl (C=O) groups excluding carboxylic acids is 2. The molecule has 1 fully saturated rings. The fraction of sp³-hybridized carbons (Fsp3) is 0.600. The summed E-state index contributed by atoms with van der Waals surface area (Å²) >= 11 is 9.55. The maximum absolute atomic E-state index is 12.0. The minimum atomic E-state index is -1.05. The third-order valence-electron chi connectivity index (χ3n) is 2.38. The van der Waals surface area contributed by atoms with Crippen molar-refractivity contribution in [3.63, 3.8) is 0 Å². The number of ether oxygens (including phenoxy) is 2. The van der Waals surface area contributed by atoms with E-state index in [1.54, 1.807) is 0 Å². The van der Waals surface area contributed by atoms with Gasteiger partial charge in [-0.25, -0.2) is 0 Å². The van der Waals surface area contributed by atoms with Gasteiger partial charge in [-0.1, -0.05) is 0 Å². The predicted molar refractivity (Wildman–Crippen MR) is 71.8 cm³/mol. The highest BCUT2D eigenvalue weighted by Crippen LogP contribution is 2.18. The van der Waals surface area contributed by atoms with Crippen LogP contribution in [0.1, 0.15) is 13.8 Å². The van der Waals surface area contributed by atoms with E-state index in [1.165, 1.54) is 27.9 Å². The van der Waals surface area contributed by atoms with Crippen molar-refractivity contribution in [2.75, 3.05) is 14.1 Å². The Morgan fingerprint density at radius 1 is 0.944 bits per heavy atom. The summed E-state index contributed by atoms with van der Waals surface area (Å²) in [6.07, 6.45) is -2.10. The summed E-state index contributed by atoms with van der Waals surface area (Å²) in [5, 5.41) is 0.374. The van der Waals surface area contributed by atoms with Gasteiger partial charge in [0, 0.05) is 27.9 Å². The average Bonchev–Trinajstić information content (AvgIpc) is 2.27. The number of rotatable bonds is 2. The molecule has 0 aromatic carbocycles. The fourth-order valence-corrected chi connectivity index (χ4v) is 1.67. The van der Waals surface area contributed by atoms with E-state index in [4.69, 9.17) is 33.9 Å². The number of thiocarbonyl (C=S) groups is 2. The van der Waals surface area contributed by atoms with Crippen molar-refractivity contribution < 1.29 is 19.1 Å². The molecule has 18 heavy (non-hydrogen) atoms. The van der Waals surface area contributed by atoms with Gasteiger partial charge in [0.15, 0.2) is 10.1 Å². The quantitative estimate of drug-likeness (QED) is 0.682. The van der Waals surface area contributed by atoms with E-state index < -0.39 is 24.3 Å². The van der Waals surface area contributed by atoms with Gasteiger partial charge in [-0.05, 0) is 24.4 Å². The highest BCUT2D eigenvalue weighted by molar-refractivity contribution is 7.80. The molecular formula is C10H14N2O4S2. The first-order chi connectivity index (χ1) is 8.25. The van der Waals surface area contributed by atoms with Crippen LogP contribution >= 0.6 is 24.4 Å². The number of amides is 2. The first-order valence-corrected chi connectivity index (χ1v) is 5.95. The summed E-state index contributed by atoms with van der Waals surface area (Å²) in [4.78, 5) is 26.4. The van der Waals surface area contributed by atoms with Crippen molar-refractivity contribution >= 4 is 46.4 Å². The van der Waals surface area contributed by atoms with Gasteiger partial charge in [0.25, 0.3) is 24.3 Å². The zero-order chi connectivity index (χ0) is 14.0. The van der Waals surface area contributed by atoms with E-state index in [0.717, 1.165) is 9.80 Å². The van der Waals surface area contributed by atoms with Gasteiger partial charge in [0.05, 0.1) is 0 Å². The van der Waals surface area contributed by atoms with Crippen LogP contribution in [-0.2, 0) is 19.1 Å². The lowest BCUT2D eigenvalue weighted by molar-refractivity contribution is -0.182. The summed E-state index contributed by atoms with van der Waals surface area (Å²) in [6.45, 7) is 3.06. The van der Waals surface area contributed by atoms with E-state index >= 15 is 0 Å². The van der Waals surface area contributed by atoms with Crippen molar-refractivity contribution in [1.82, 2.24) is 9.80 Å². The second kappa shape index (κ2) is 5.57. The van der Waals surface area contributed by atoms with Crippen LogP contribution in [0.15, 0.2) is 0 Å². The van der Waals surface area contributed by atoms with Gasteiger partial charge in [-0.2, -0.15) is 0 Å². The number of nitrogens with zero attached hydrogens (tertiary/aromatic N) is 2. The number of piperazine rings is 1. The van der Waals surface area contributed by atoms with Crippen molar-refractivity contribution in [3.05, 3.63) is 0 Å². The van der Waals surface area contributed by atoms with Crippen molar-refractivity contribution in [1.29, 1.82) is 0 Å². The molecule has 2 atom stereocenters. The van der Waals surface area contributed by atoms with Gasteiger partial charge in [-0.3, -0.25) is 19.4 Å². The van der Waals surface area contributed by atoms with Crippen LogP contribution in [0.5, 0.6) is 0 Å². The lowest BCUT2D eigenvalue weighted by Crippen LogP contribution is -2.64. The Labute approximate surface area is 116 Å². The van der Waals surface area contributed by atoms with Gasteiger partial charge in [-0.15, -0.1) is 0 Å². The second-order valence-electron chi connectivity index (χ2n) is 3.82. The van der Waals surface area contributed by atoms with Crippen LogP contribution in [0.3, 0.4) is 0 Å². The lowest BCUT2D eigenvalue weighted by Gasteiger charge is -2.40. The molecule has 0 unspecified atom stereocenters. The topological polar surface area (TPSA) is 59.1 Å². The molecule has 0 saturated carbocycles. The monoisotopic (exact) mass is 290 g/mol. The molecule has 1 aliphatic rings. The van der Waals surface area contributed by atoms with E-state index in [1.807, 2.05) is 0 Å². The molecule has 0 aromatic rings. The molecule has 2 amide bonds. The Kier molecular flexibility index (Phi) is 4.58. The molecule has 6 nitrogen and oxygen atoms in total. The molecule has 1 heterocycles. The summed E-state index contributed by atoms with van der Waals surface area (Å²) in [6, 6.07) is 0. The number of carbonyl (C=O) groups is 2. The summed E-state index contributed by atoms with van der Waals surface area (Å²) in [7, 11) is 2.90. The Bertz CT molecular complexity index is 375. The molecular weight excluding hydrogens is 276 g/mol. The molecule has 1 rings (SSSR count). The van der Waals surface area contributed by atoms with Gasteiger partial charge >= 0.3 is 0 Å². The van der Waals surface area contributed by atoms with Crippen LogP contribution in [0, 0.1) is 0 Å². The van der Waals surface area contributed by atoms with Gasteiger partial charge in [0.2, 0.25) is 0 Å². The van der Waals surface area contributed by atoms with Crippen LogP contribution < -0.4 is 0 Å². The maximum Gasteiger partial charge on any atom is 0.288 e. The Morgan fingerprint density at radius 3 is 1.44 bits per heavy atom.